The second-order valence-corrected chi connectivity index (χ2v) is 5.04. The summed E-state index contributed by atoms with van der Waals surface area (Å²) in [5, 5.41) is 0. The predicted octanol–water partition coefficient (Wildman–Crippen LogP) is 3.88. The minimum atomic E-state index is -0.203. The van der Waals surface area contributed by atoms with Crippen LogP contribution in [-0.4, -0.2) is 0 Å². The van der Waals surface area contributed by atoms with Gasteiger partial charge in [-0.3, -0.25) is 0 Å². The number of hydrogen-bond donors (Lipinski definition) is 1. The maximum atomic E-state index is 12.8. The quantitative estimate of drug-likeness (QED) is 0.839. The van der Waals surface area contributed by atoms with E-state index in [4.69, 9.17) is 5.73 Å². The smallest absolute Gasteiger partial charge is 0.123 e. The van der Waals surface area contributed by atoms with Crippen LogP contribution in [0.1, 0.15) is 23.4 Å². The van der Waals surface area contributed by atoms with Gasteiger partial charge in [0.1, 0.15) is 5.82 Å². The van der Waals surface area contributed by atoms with Gasteiger partial charge < -0.3 is 5.73 Å². The molecule has 0 saturated heterocycles. The fourth-order valence-corrected chi connectivity index (χ4v) is 2.75. The molecule has 2 aromatic rings. The van der Waals surface area contributed by atoms with E-state index in [9.17, 15) is 4.39 Å². The van der Waals surface area contributed by atoms with E-state index in [-0.39, 0.29) is 11.9 Å². The van der Waals surface area contributed by atoms with Gasteiger partial charge in [-0.2, -0.15) is 0 Å². The first-order valence-electron chi connectivity index (χ1n) is 5.20. The maximum absolute atomic E-state index is 12.8. The molecule has 1 unspecified atom stereocenters. The van der Waals surface area contributed by atoms with Crippen LogP contribution in [0, 0.1) is 12.7 Å². The molecule has 0 fully saturated rings. The van der Waals surface area contributed by atoms with Gasteiger partial charge in [-0.15, -0.1) is 11.3 Å². The lowest BCUT2D eigenvalue weighted by Gasteiger charge is -2.00. The summed E-state index contributed by atoms with van der Waals surface area (Å²) in [5.41, 5.74) is 8.10. The second kappa shape index (κ2) is 4.36. The van der Waals surface area contributed by atoms with Gasteiger partial charge in [0.15, 0.2) is 0 Å². The number of thiophene rings is 1. The average Bonchev–Trinajstić information content (AvgIpc) is 2.62. The van der Waals surface area contributed by atoms with Gasteiger partial charge >= 0.3 is 0 Å². The Morgan fingerprint density at radius 1 is 1.25 bits per heavy atom. The van der Waals surface area contributed by atoms with Crippen LogP contribution in [0.4, 0.5) is 4.39 Å². The van der Waals surface area contributed by atoms with Gasteiger partial charge in [-0.1, -0.05) is 12.1 Å². The summed E-state index contributed by atoms with van der Waals surface area (Å²) in [6, 6.07) is 8.74. The normalized spacial score (nSPS) is 12.8. The standard InChI is InChI=1S/C13H14FNS/c1-8-7-12(9(2)15)16-13(8)10-3-5-11(14)6-4-10/h3-7,9H,15H2,1-2H3. The first-order chi connectivity index (χ1) is 7.58. The molecule has 0 spiro atoms. The Bertz CT molecular complexity index is 485. The van der Waals surface area contributed by atoms with Crippen LogP contribution >= 0.6 is 11.3 Å². The largest absolute Gasteiger partial charge is 0.324 e. The lowest BCUT2D eigenvalue weighted by atomic mass is 10.1. The Hall–Kier alpha value is -1.19. The highest BCUT2D eigenvalue weighted by molar-refractivity contribution is 7.15. The molecule has 1 heterocycles. The van der Waals surface area contributed by atoms with E-state index in [0.717, 1.165) is 10.4 Å². The van der Waals surface area contributed by atoms with Gasteiger partial charge in [0.2, 0.25) is 0 Å². The Morgan fingerprint density at radius 2 is 1.88 bits per heavy atom. The minimum Gasteiger partial charge on any atom is -0.324 e. The highest BCUT2D eigenvalue weighted by Crippen LogP contribution is 2.34. The molecule has 1 aromatic heterocycles. The first kappa shape index (κ1) is 11.3. The SMILES string of the molecule is Cc1cc(C(C)N)sc1-c1ccc(F)cc1. The minimum absolute atomic E-state index is 0.0536. The molecule has 0 amide bonds. The fourth-order valence-electron chi connectivity index (χ4n) is 1.62. The van der Waals surface area contributed by atoms with Gasteiger partial charge in [0.25, 0.3) is 0 Å². The Morgan fingerprint density at radius 3 is 2.38 bits per heavy atom. The molecule has 0 aliphatic carbocycles. The molecule has 84 valence electrons. The van der Waals surface area contributed by atoms with Crippen molar-refractivity contribution < 1.29 is 4.39 Å². The molecule has 0 bridgehead atoms. The molecule has 0 aliphatic heterocycles. The van der Waals surface area contributed by atoms with Crippen molar-refractivity contribution in [2.75, 3.05) is 0 Å². The highest BCUT2D eigenvalue weighted by Gasteiger charge is 2.10. The van der Waals surface area contributed by atoms with Gasteiger partial charge in [0.05, 0.1) is 0 Å². The van der Waals surface area contributed by atoms with Crippen molar-refractivity contribution in [1.82, 2.24) is 0 Å². The van der Waals surface area contributed by atoms with Crippen LogP contribution in [0.25, 0.3) is 10.4 Å². The molecule has 16 heavy (non-hydrogen) atoms. The second-order valence-electron chi connectivity index (χ2n) is 3.96. The number of nitrogens with two attached hydrogens (primary N) is 1. The summed E-state index contributed by atoms with van der Waals surface area (Å²) in [4.78, 5) is 2.34. The van der Waals surface area contributed by atoms with Crippen molar-refractivity contribution in [3.8, 4) is 10.4 Å². The molecule has 2 rings (SSSR count). The number of aryl methyl sites for hydroxylation is 1. The van der Waals surface area contributed by atoms with E-state index < -0.39 is 0 Å². The fraction of sp³-hybridized carbons (Fsp3) is 0.231. The zero-order valence-corrected chi connectivity index (χ0v) is 10.1. The van der Waals surface area contributed by atoms with Crippen LogP contribution in [0.2, 0.25) is 0 Å². The van der Waals surface area contributed by atoms with Crippen molar-refractivity contribution >= 4 is 11.3 Å². The van der Waals surface area contributed by atoms with Crippen LogP contribution in [0.5, 0.6) is 0 Å². The lowest BCUT2D eigenvalue weighted by molar-refractivity contribution is 0.628. The molecular formula is C13H14FNS. The molecule has 0 radical (unpaired) electrons. The summed E-state index contributed by atoms with van der Waals surface area (Å²) in [7, 11) is 0. The van der Waals surface area contributed by atoms with Crippen molar-refractivity contribution in [2.45, 2.75) is 19.9 Å². The van der Waals surface area contributed by atoms with Crippen LogP contribution in [0.15, 0.2) is 30.3 Å². The van der Waals surface area contributed by atoms with E-state index in [1.54, 1.807) is 23.5 Å². The van der Waals surface area contributed by atoms with E-state index in [1.165, 1.54) is 22.6 Å². The maximum Gasteiger partial charge on any atom is 0.123 e. The molecular weight excluding hydrogens is 221 g/mol. The number of benzene rings is 1. The van der Waals surface area contributed by atoms with E-state index in [2.05, 4.69) is 13.0 Å². The monoisotopic (exact) mass is 235 g/mol. The Kier molecular flexibility index (Phi) is 3.08. The van der Waals surface area contributed by atoms with Crippen LogP contribution < -0.4 is 5.73 Å². The van der Waals surface area contributed by atoms with Crippen molar-refractivity contribution in [3.63, 3.8) is 0 Å². The van der Waals surface area contributed by atoms with Crippen molar-refractivity contribution in [2.24, 2.45) is 5.73 Å². The molecule has 1 nitrogen and oxygen atoms in total. The third-order valence-electron chi connectivity index (χ3n) is 2.49. The van der Waals surface area contributed by atoms with Crippen LogP contribution in [0.3, 0.4) is 0 Å². The molecule has 0 saturated carbocycles. The van der Waals surface area contributed by atoms with Gasteiger partial charge in [0, 0.05) is 15.8 Å². The molecule has 1 aromatic carbocycles. The van der Waals surface area contributed by atoms with Gasteiger partial charge in [-0.25, -0.2) is 4.39 Å². The summed E-state index contributed by atoms with van der Waals surface area (Å²) >= 11 is 1.68. The Labute approximate surface area is 98.7 Å². The van der Waals surface area contributed by atoms with E-state index >= 15 is 0 Å². The summed E-state index contributed by atoms with van der Waals surface area (Å²) in [6.07, 6.45) is 0. The Balaban J connectivity index is 2.44. The topological polar surface area (TPSA) is 26.0 Å². The predicted molar refractivity (Wildman–Crippen MR) is 67.1 cm³/mol. The van der Waals surface area contributed by atoms with Crippen molar-refractivity contribution in [1.29, 1.82) is 0 Å². The van der Waals surface area contributed by atoms with E-state index in [1.807, 2.05) is 6.92 Å². The highest BCUT2D eigenvalue weighted by atomic mass is 32.1. The number of rotatable bonds is 2. The molecule has 3 heteroatoms. The third-order valence-corrected chi connectivity index (χ3v) is 3.98. The van der Waals surface area contributed by atoms with Crippen molar-refractivity contribution in [3.05, 3.63) is 46.6 Å². The van der Waals surface area contributed by atoms with Crippen LogP contribution in [-0.2, 0) is 0 Å². The third kappa shape index (κ3) is 2.15. The summed E-state index contributed by atoms with van der Waals surface area (Å²) < 4.78 is 12.8. The summed E-state index contributed by atoms with van der Waals surface area (Å²) in [5.74, 6) is -0.203. The first-order valence-corrected chi connectivity index (χ1v) is 6.01. The van der Waals surface area contributed by atoms with Gasteiger partial charge in [-0.05, 0) is 43.2 Å². The van der Waals surface area contributed by atoms with E-state index in [0.29, 0.717) is 0 Å². The zero-order chi connectivity index (χ0) is 11.7. The zero-order valence-electron chi connectivity index (χ0n) is 9.33. The summed E-state index contributed by atoms with van der Waals surface area (Å²) in [6.45, 7) is 4.03. The average molecular weight is 235 g/mol. The molecule has 1 atom stereocenters. The lowest BCUT2D eigenvalue weighted by Crippen LogP contribution is -2.01. The molecule has 0 aliphatic rings. The molecule has 2 N–H and O–H groups in total. The number of hydrogen-bond acceptors (Lipinski definition) is 2. The number of halogens is 1.